The third-order valence-electron chi connectivity index (χ3n) is 2.75. The van der Waals surface area contributed by atoms with E-state index >= 15 is 0 Å². The average Bonchev–Trinajstić information content (AvgIpc) is 2.52. The van der Waals surface area contributed by atoms with Gasteiger partial charge < -0.3 is 10.2 Å². The SMILES string of the molecule is O=C(O)C(=NN=C(C(=O)O)c1ccccc1)c1ccccc1. The normalized spacial score (nSPS) is 12.0. The van der Waals surface area contributed by atoms with Crippen molar-refractivity contribution >= 4 is 23.4 Å². The first kappa shape index (κ1) is 15.1. The summed E-state index contributed by atoms with van der Waals surface area (Å²) in [5.41, 5.74) is 0.0404. The molecule has 0 unspecified atom stereocenters. The first-order valence-corrected chi connectivity index (χ1v) is 6.32. The Hall–Kier alpha value is -3.28. The lowest BCUT2D eigenvalue weighted by atomic mass is 10.1. The van der Waals surface area contributed by atoms with Crippen LogP contribution in [0.5, 0.6) is 0 Å². The van der Waals surface area contributed by atoms with Crippen molar-refractivity contribution in [2.45, 2.75) is 0 Å². The van der Waals surface area contributed by atoms with Gasteiger partial charge in [0, 0.05) is 11.1 Å². The molecule has 0 atom stereocenters. The van der Waals surface area contributed by atoms with Gasteiger partial charge in [-0.25, -0.2) is 9.59 Å². The van der Waals surface area contributed by atoms with Crippen LogP contribution >= 0.6 is 0 Å². The first-order valence-electron chi connectivity index (χ1n) is 6.32. The first-order chi connectivity index (χ1) is 10.6. The molecule has 0 aliphatic rings. The summed E-state index contributed by atoms with van der Waals surface area (Å²) in [4.78, 5) is 22.5. The van der Waals surface area contributed by atoms with Crippen molar-refractivity contribution in [2.75, 3.05) is 0 Å². The fourth-order valence-electron chi connectivity index (χ4n) is 1.74. The van der Waals surface area contributed by atoms with Crippen LogP contribution in [0.15, 0.2) is 70.9 Å². The zero-order chi connectivity index (χ0) is 15.9. The zero-order valence-electron chi connectivity index (χ0n) is 11.4. The summed E-state index contributed by atoms with van der Waals surface area (Å²) < 4.78 is 0. The lowest BCUT2D eigenvalue weighted by molar-refractivity contribution is -0.130. The van der Waals surface area contributed by atoms with Crippen molar-refractivity contribution in [3.8, 4) is 0 Å². The molecule has 22 heavy (non-hydrogen) atoms. The molecule has 2 aromatic rings. The standard InChI is InChI=1S/C16H12N2O4/c19-15(20)13(11-7-3-1-4-8-11)17-18-14(16(21)22)12-9-5-2-6-10-12/h1-10H,(H,19,20)(H,21,22). The Labute approximate surface area is 126 Å². The lowest BCUT2D eigenvalue weighted by Crippen LogP contribution is -2.17. The Morgan fingerprint density at radius 1 is 0.636 bits per heavy atom. The molecule has 0 fully saturated rings. The van der Waals surface area contributed by atoms with Crippen LogP contribution < -0.4 is 0 Å². The van der Waals surface area contributed by atoms with Gasteiger partial charge in [-0.05, 0) is 0 Å². The topological polar surface area (TPSA) is 99.3 Å². The number of hydrogen-bond acceptors (Lipinski definition) is 4. The second-order valence-corrected chi connectivity index (χ2v) is 4.24. The highest BCUT2D eigenvalue weighted by Gasteiger charge is 2.15. The Kier molecular flexibility index (Phi) is 4.77. The van der Waals surface area contributed by atoms with Crippen LogP contribution in [0.1, 0.15) is 11.1 Å². The third kappa shape index (κ3) is 3.63. The molecule has 0 radical (unpaired) electrons. The van der Waals surface area contributed by atoms with Gasteiger partial charge in [-0.15, -0.1) is 10.2 Å². The predicted octanol–water partition coefficient (Wildman–Crippen LogP) is 2.05. The highest BCUT2D eigenvalue weighted by Crippen LogP contribution is 2.05. The maximum absolute atomic E-state index is 11.3. The Bertz CT molecular complexity index is 672. The van der Waals surface area contributed by atoms with Gasteiger partial charge >= 0.3 is 11.9 Å². The molecule has 6 nitrogen and oxygen atoms in total. The molecule has 0 bridgehead atoms. The maximum Gasteiger partial charge on any atom is 0.357 e. The van der Waals surface area contributed by atoms with Crippen LogP contribution in [0, 0.1) is 0 Å². The summed E-state index contributed by atoms with van der Waals surface area (Å²) in [6.07, 6.45) is 0. The van der Waals surface area contributed by atoms with Crippen LogP contribution in [0.4, 0.5) is 0 Å². The fourth-order valence-corrected chi connectivity index (χ4v) is 1.74. The predicted molar refractivity (Wildman–Crippen MR) is 81.2 cm³/mol. The van der Waals surface area contributed by atoms with Gasteiger partial charge in [-0.2, -0.15) is 0 Å². The van der Waals surface area contributed by atoms with Crippen molar-refractivity contribution in [1.82, 2.24) is 0 Å². The summed E-state index contributed by atoms with van der Waals surface area (Å²) >= 11 is 0. The van der Waals surface area contributed by atoms with E-state index in [1.54, 1.807) is 60.7 Å². The molecule has 0 saturated heterocycles. The number of hydrogen-bond donors (Lipinski definition) is 2. The average molecular weight is 296 g/mol. The Balaban J connectivity index is 2.47. The molecule has 0 aliphatic heterocycles. The molecule has 2 rings (SSSR count). The van der Waals surface area contributed by atoms with Crippen molar-refractivity contribution in [1.29, 1.82) is 0 Å². The van der Waals surface area contributed by atoms with Gasteiger partial charge in [0.1, 0.15) is 0 Å². The van der Waals surface area contributed by atoms with E-state index in [4.69, 9.17) is 0 Å². The molecular weight excluding hydrogens is 284 g/mol. The molecule has 0 aromatic heterocycles. The second-order valence-electron chi connectivity index (χ2n) is 4.24. The van der Waals surface area contributed by atoms with Crippen molar-refractivity contribution in [3.63, 3.8) is 0 Å². The van der Waals surface area contributed by atoms with Crippen molar-refractivity contribution < 1.29 is 19.8 Å². The van der Waals surface area contributed by atoms with Gasteiger partial charge in [0.15, 0.2) is 11.4 Å². The summed E-state index contributed by atoms with van der Waals surface area (Å²) in [7, 11) is 0. The highest BCUT2D eigenvalue weighted by atomic mass is 16.4. The highest BCUT2D eigenvalue weighted by molar-refractivity contribution is 6.44. The van der Waals surface area contributed by atoms with E-state index in [-0.39, 0.29) is 11.4 Å². The maximum atomic E-state index is 11.3. The molecule has 0 amide bonds. The fraction of sp³-hybridized carbons (Fsp3) is 0. The smallest absolute Gasteiger partial charge is 0.357 e. The number of aliphatic carboxylic acids is 2. The number of carboxylic acid groups (broad SMARTS) is 2. The Morgan fingerprint density at radius 3 is 1.23 bits per heavy atom. The van der Waals surface area contributed by atoms with Crippen LogP contribution in [0.25, 0.3) is 0 Å². The number of carbonyl (C=O) groups is 2. The van der Waals surface area contributed by atoms with E-state index in [1.165, 1.54) is 0 Å². The number of carboxylic acids is 2. The molecule has 0 spiro atoms. The number of nitrogens with zero attached hydrogens (tertiary/aromatic N) is 2. The van der Waals surface area contributed by atoms with E-state index in [0.29, 0.717) is 11.1 Å². The van der Waals surface area contributed by atoms with E-state index in [9.17, 15) is 19.8 Å². The van der Waals surface area contributed by atoms with Crippen LogP contribution in [-0.2, 0) is 9.59 Å². The van der Waals surface area contributed by atoms with Crippen LogP contribution in [0.2, 0.25) is 0 Å². The van der Waals surface area contributed by atoms with E-state index in [2.05, 4.69) is 10.2 Å². The van der Waals surface area contributed by atoms with Crippen molar-refractivity contribution in [2.24, 2.45) is 10.2 Å². The summed E-state index contributed by atoms with van der Waals surface area (Å²) in [5, 5.41) is 25.6. The summed E-state index contributed by atoms with van der Waals surface area (Å²) in [6, 6.07) is 16.4. The molecule has 0 saturated carbocycles. The minimum Gasteiger partial charge on any atom is -0.476 e. The van der Waals surface area contributed by atoms with E-state index < -0.39 is 11.9 Å². The van der Waals surface area contributed by atoms with Crippen molar-refractivity contribution in [3.05, 3.63) is 71.8 Å². The van der Waals surface area contributed by atoms with E-state index in [1.807, 2.05) is 0 Å². The molecule has 0 aliphatic carbocycles. The van der Waals surface area contributed by atoms with Gasteiger partial charge in [0.25, 0.3) is 0 Å². The van der Waals surface area contributed by atoms with E-state index in [0.717, 1.165) is 0 Å². The molecule has 2 N–H and O–H groups in total. The third-order valence-corrected chi connectivity index (χ3v) is 2.75. The van der Waals surface area contributed by atoms with Gasteiger partial charge in [0.05, 0.1) is 0 Å². The van der Waals surface area contributed by atoms with Gasteiger partial charge in [-0.3, -0.25) is 0 Å². The lowest BCUT2D eigenvalue weighted by Gasteiger charge is -2.01. The molecule has 2 aromatic carbocycles. The minimum absolute atomic E-state index is 0.324. The van der Waals surface area contributed by atoms with Gasteiger partial charge in [-0.1, -0.05) is 60.7 Å². The zero-order valence-corrected chi connectivity index (χ0v) is 11.4. The summed E-state index contributed by atoms with van der Waals surface area (Å²) in [5.74, 6) is -2.57. The number of rotatable bonds is 5. The Morgan fingerprint density at radius 2 is 0.955 bits per heavy atom. The number of benzene rings is 2. The minimum atomic E-state index is -1.28. The largest absolute Gasteiger partial charge is 0.476 e. The monoisotopic (exact) mass is 296 g/mol. The molecule has 0 heterocycles. The molecule has 110 valence electrons. The second kappa shape index (κ2) is 6.94. The molecule has 6 heteroatoms. The summed E-state index contributed by atoms with van der Waals surface area (Å²) in [6.45, 7) is 0. The quantitative estimate of drug-likeness (QED) is 0.651. The van der Waals surface area contributed by atoms with Crippen LogP contribution in [-0.4, -0.2) is 33.6 Å². The van der Waals surface area contributed by atoms with Gasteiger partial charge in [0.2, 0.25) is 0 Å². The van der Waals surface area contributed by atoms with Crippen LogP contribution in [0.3, 0.4) is 0 Å². The molecular formula is C16H12N2O4.